The monoisotopic (exact) mass is 230 g/mol. The standard InChI is InChI=1S/C10H15ClN2O2/c11-5-9(14)12-10(15)13(8-3-4-8)6-7-1-2-7/h7-8H,1-6H2,(H,12,14,15). The van der Waals surface area contributed by atoms with Crippen molar-refractivity contribution in [2.24, 2.45) is 5.92 Å². The van der Waals surface area contributed by atoms with Gasteiger partial charge in [-0.15, -0.1) is 11.6 Å². The van der Waals surface area contributed by atoms with Crippen LogP contribution < -0.4 is 5.32 Å². The van der Waals surface area contributed by atoms with Crippen molar-refractivity contribution in [2.45, 2.75) is 31.7 Å². The van der Waals surface area contributed by atoms with Gasteiger partial charge in [0.05, 0.1) is 0 Å². The summed E-state index contributed by atoms with van der Waals surface area (Å²) in [6.07, 6.45) is 4.55. The normalized spacial score (nSPS) is 19.8. The molecule has 2 fully saturated rings. The van der Waals surface area contributed by atoms with Gasteiger partial charge in [0, 0.05) is 12.6 Å². The lowest BCUT2D eigenvalue weighted by Crippen LogP contribution is -2.45. The number of nitrogens with one attached hydrogen (secondary N) is 1. The molecule has 0 bridgehead atoms. The number of amides is 3. The van der Waals surface area contributed by atoms with Crippen molar-refractivity contribution in [1.29, 1.82) is 0 Å². The van der Waals surface area contributed by atoms with Crippen LogP contribution in [-0.2, 0) is 4.79 Å². The van der Waals surface area contributed by atoms with Crippen LogP contribution in [0.1, 0.15) is 25.7 Å². The number of urea groups is 1. The molecule has 0 heterocycles. The molecule has 0 aromatic heterocycles. The third-order valence-corrected chi connectivity index (χ3v) is 3.01. The molecule has 4 nitrogen and oxygen atoms in total. The summed E-state index contributed by atoms with van der Waals surface area (Å²) >= 11 is 5.33. The number of alkyl halides is 1. The topological polar surface area (TPSA) is 49.4 Å². The molecule has 2 aliphatic carbocycles. The molecule has 3 amide bonds. The van der Waals surface area contributed by atoms with Crippen LogP contribution in [0.2, 0.25) is 0 Å². The van der Waals surface area contributed by atoms with E-state index in [1.165, 1.54) is 12.8 Å². The SMILES string of the molecule is O=C(CCl)NC(=O)N(CC1CC1)C1CC1. The van der Waals surface area contributed by atoms with Crippen molar-refractivity contribution in [3.63, 3.8) is 0 Å². The van der Waals surface area contributed by atoms with Gasteiger partial charge in [-0.2, -0.15) is 0 Å². The number of hydrogen-bond donors (Lipinski definition) is 1. The van der Waals surface area contributed by atoms with Crippen LogP contribution in [0.5, 0.6) is 0 Å². The van der Waals surface area contributed by atoms with E-state index in [-0.39, 0.29) is 11.9 Å². The Morgan fingerprint density at radius 2 is 1.93 bits per heavy atom. The predicted molar refractivity (Wildman–Crippen MR) is 56.7 cm³/mol. The van der Waals surface area contributed by atoms with E-state index in [1.807, 2.05) is 0 Å². The zero-order valence-electron chi connectivity index (χ0n) is 8.54. The van der Waals surface area contributed by atoms with Gasteiger partial charge in [-0.05, 0) is 31.6 Å². The molecule has 2 aliphatic rings. The fourth-order valence-corrected chi connectivity index (χ4v) is 1.65. The molecular weight excluding hydrogens is 216 g/mol. The number of carbonyl (C=O) groups is 2. The third-order valence-electron chi connectivity index (χ3n) is 2.77. The van der Waals surface area contributed by atoms with Crippen molar-refractivity contribution in [2.75, 3.05) is 12.4 Å². The highest BCUT2D eigenvalue weighted by Crippen LogP contribution is 2.34. The first kappa shape index (κ1) is 10.7. The molecule has 0 aliphatic heterocycles. The second-order valence-electron chi connectivity index (χ2n) is 4.31. The molecule has 0 aromatic carbocycles. The Balaban J connectivity index is 1.85. The first-order valence-corrected chi connectivity index (χ1v) is 5.90. The Labute approximate surface area is 93.9 Å². The summed E-state index contributed by atoms with van der Waals surface area (Å²) in [6.45, 7) is 0.798. The predicted octanol–water partition coefficient (Wildman–Crippen LogP) is 1.34. The Kier molecular flexibility index (Phi) is 3.14. The number of hydrogen-bond acceptors (Lipinski definition) is 2. The van der Waals surface area contributed by atoms with Gasteiger partial charge in [0.2, 0.25) is 5.91 Å². The first-order chi connectivity index (χ1) is 7.20. The fraction of sp³-hybridized carbons (Fsp3) is 0.800. The second-order valence-corrected chi connectivity index (χ2v) is 4.58. The lowest BCUT2D eigenvalue weighted by Gasteiger charge is -2.21. The molecular formula is C10H15ClN2O2. The van der Waals surface area contributed by atoms with Gasteiger partial charge in [0.25, 0.3) is 0 Å². The molecule has 0 spiro atoms. The Bertz CT molecular complexity index is 275. The maximum atomic E-state index is 11.7. The van der Waals surface area contributed by atoms with E-state index in [2.05, 4.69) is 5.32 Å². The molecule has 15 heavy (non-hydrogen) atoms. The minimum Gasteiger partial charge on any atom is -0.321 e. The summed E-state index contributed by atoms with van der Waals surface area (Å²) < 4.78 is 0. The second kappa shape index (κ2) is 4.39. The maximum absolute atomic E-state index is 11.7. The highest BCUT2D eigenvalue weighted by molar-refractivity contribution is 6.28. The lowest BCUT2D eigenvalue weighted by atomic mass is 10.3. The number of halogens is 1. The van der Waals surface area contributed by atoms with E-state index < -0.39 is 5.91 Å². The van der Waals surface area contributed by atoms with Gasteiger partial charge < -0.3 is 4.90 Å². The number of rotatable bonds is 4. The number of nitrogens with zero attached hydrogens (tertiary/aromatic N) is 1. The quantitative estimate of drug-likeness (QED) is 0.741. The summed E-state index contributed by atoms with van der Waals surface area (Å²) in [5, 5.41) is 2.30. The van der Waals surface area contributed by atoms with E-state index in [0.29, 0.717) is 12.0 Å². The van der Waals surface area contributed by atoms with E-state index in [0.717, 1.165) is 19.4 Å². The van der Waals surface area contributed by atoms with Crippen molar-refractivity contribution in [1.82, 2.24) is 10.2 Å². The molecule has 2 rings (SSSR count). The van der Waals surface area contributed by atoms with Crippen LogP contribution in [0, 0.1) is 5.92 Å². The van der Waals surface area contributed by atoms with E-state index in [4.69, 9.17) is 11.6 Å². The number of carbonyl (C=O) groups excluding carboxylic acids is 2. The molecule has 0 radical (unpaired) electrons. The van der Waals surface area contributed by atoms with Crippen molar-refractivity contribution >= 4 is 23.5 Å². The highest BCUT2D eigenvalue weighted by atomic mass is 35.5. The van der Waals surface area contributed by atoms with Crippen LogP contribution in [0.15, 0.2) is 0 Å². The molecule has 0 aromatic rings. The van der Waals surface area contributed by atoms with Crippen LogP contribution in [0.4, 0.5) is 4.79 Å². The summed E-state index contributed by atoms with van der Waals surface area (Å²) in [7, 11) is 0. The smallest absolute Gasteiger partial charge is 0.321 e. The lowest BCUT2D eigenvalue weighted by molar-refractivity contribution is -0.117. The Hall–Kier alpha value is -0.770. The fourth-order valence-electron chi connectivity index (χ4n) is 1.59. The maximum Gasteiger partial charge on any atom is 0.324 e. The highest BCUT2D eigenvalue weighted by Gasteiger charge is 2.36. The van der Waals surface area contributed by atoms with Gasteiger partial charge in [0.1, 0.15) is 5.88 Å². The molecule has 84 valence electrons. The van der Waals surface area contributed by atoms with Crippen LogP contribution >= 0.6 is 11.6 Å². The first-order valence-electron chi connectivity index (χ1n) is 5.37. The molecule has 0 unspecified atom stereocenters. The molecule has 2 saturated carbocycles. The average Bonchev–Trinajstić information content (AvgIpc) is 3.04. The summed E-state index contributed by atoms with van der Waals surface area (Å²) in [4.78, 5) is 24.5. The third kappa shape index (κ3) is 3.09. The Morgan fingerprint density at radius 3 is 2.40 bits per heavy atom. The minimum absolute atomic E-state index is 0.159. The van der Waals surface area contributed by atoms with Crippen molar-refractivity contribution in [3.05, 3.63) is 0 Å². The van der Waals surface area contributed by atoms with Crippen LogP contribution in [0.3, 0.4) is 0 Å². The van der Waals surface area contributed by atoms with Gasteiger partial charge in [-0.3, -0.25) is 10.1 Å². The summed E-state index contributed by atoms with van der Waals surface area (Å²) in [5.74, 6) is 0.0822. The zero-order valence-corrected chi connectivity index (χ0v) is 9.29. The van der Waals surface area contributed by atoms with Gasteiger partial charge in [0.15, 0.2) is 0 Å². The van der Waals surface area contributed by atoms with Crippen LogP contribution in [0.25, 0.3) is 0 Å². The Morgan fingerprint density at radius 1 is 1.27 bits per heavy atom. The number of imide groups is 1. The van der Waals surface area contributed by atoms with Gasteiger partial charge >= 0.3 is 6.03 Å². The van der Waals surface area contributed by atoms with Crippen molar-refractivity contribution in [3.8, 4) is 0 Å². The van der Waals surface area contributed by atoms with E-state index in [1.54, 1.807) is 4.90 Å². The summed E-state index contributed by atoms with van der Waals surface area (Å²) in [6, 6.07) is 0.0868. The van der Waals surface area contributed by atoms with Crippen LogP contribution in [-0.4, -0.2) is 35.3 Å². The minimum atomic E-state index is -0.414. The largest absolute Gasteiger partial charge is 0.324 e. The van der Waals surface area contributed by atoms with E-state index in [9.17, 15) is 9.59 Å². The molecule has 1 N–H and O–H groups in total. The molecule has 0 saturated heterocycles. The average molecular weight is 231 g/mol. The molecule has 5 heteroatoms. The van der Waals surface area contributed by atoms with Gasteiger partial charge in [-0.1, -0.05) is 0 Å². The summed E-state index contributed by atoms with van der Waals surface area (Å²) in [5.41, 5.74) is 0. The van der Waals surface area contributed by atoms with Gasteiger partial charge in [-0.25, -0.2) is 4.79 Å². The van der Waals surface area contributed by atoms with E-state index >= 15 is 0 Å². The zero-order chi connectivity index (χ0) is 10.8. The molecule has 0 atom stereocenters. The van der Waals surface area contributed by atoms with Crippen molar-refractivity contribution < 1.29 is 9.59 Å².